The van der Waals surface area contributed by atoms with Crippen molar-refractivity contribution in [2.45, 2.75) is 62.8 Å². The predicted octanol–water partition coefficient (Wildman–Crippen LogP) is 2.95. The number of benzene rings is 1. The van der Waals surface area contributed by atoms with Crippen LogP contribution in [0.3, 0.4) is 0 Å². The fourth-order valence-corrected chi connectivity index (χ4v) is 4.38. The monoisotopic (exact) mass is 309 g/mol. The molecule has 0 spiro atoms. The van der Waals surface area contributed by atoms with E-state index in [-0.39, 0.29) is 5.25 Å². The third-order valence-corrected chi connectivity index (χ3v) is 6.10. The van der Waals surface area contributed by atoms with Crippen LogP contribution in [0.15, 0.2) is 30.3 Å². The molecular formula is C17H27NO2S. The Kier molecular flexibility index (Phi) is 5.82. The lowest BCUT2D eigenvalue weighted by Crippen LogP contribution is -2.42. The summed E-state index contributed by atoms with van der Waals surface area (Å²) >= 11 is 0. The largest absolute Gasteiger partial charge is 0.311 e. The zero-order valence-electron chi connectivity index (χ0n) is 13.1. The van der Waals surface area contributed by atoms with E-state index in [0.717, 1.165) is 38.5 Å². The smallest absolute Gasteiger partial charge is 0.150 e. The van der Waals surface area contributed by atoms with Crippen LogP contribution in [0.5, 0.6) is 0 Å². The minimum absolute atomic E-state index is 0.148. The van der Waals surface area contributed by atoms with E-state index < -0.39 is 9.84 Å². The summed E-state index contributed by atoms with van der Waals surface area (Å²) in [7, 11) is -2.89. The molecule has 1 fully saturated rings. The van der Waals surface area contributed by atoms with Gasteiger partial charge in [0, 0.05) is 18.3 Å². The first-order valence-corrected chi connectivity index (χ1v) is 9.89. The quantitative estimate of drug-likeness (QED) is 0.879. The standard InChI is InChI=1S/C17H27NO2S/c1-14(11-12-15-7-4-3-5-8-15)18-16-9-6-10-17(13-16)21(2,19)20/h3-5,7-8,14,16-18H,6,9-13H2,1-2H3. The molecular weight excluding hydrogens is 282 g/mol. The van der Waals surface area contributed by atoms with Crippen molar-refractivity contribution in [3.8, 4) is 0 Å². The zero-order chi connectivity index (χ0) is 15.3. The molecule has 1 aliphatic carbocycles. The maximum atomic E-state index is 11.7. The number of nitrogens with one attached hydrogen (secondary N) is 1. The molecule has 1 aromatic rings. The molecule has 0 radical (unpaired) electrons. The van der Waals surface area contributed by atoms with E-state index in [1.165, 1.54) is 11.8 Å². The summed E-state index contributed by atoms with van der Waals surface area (Å²) < 4.78 is 23.4. The van der Waals surface area contributed by atoms with Gasteiger partial charge in [0.05, 0.1) is 5.25 Å². The van der Waals surface area contributed by atoms with Gasteiger partial charge in [0.1, 0.15) is 9.84 Å². The third-order valence-electron chi connectivity index (χ3n) is 4.46. The Morgan fingerprint density at radius 2 is 1.95 bits per heavy atom. The lowest BCUT2D eigenvalue weighted by atomic mass is 9.94. The summed E-state index contributed by atoms with van der Waals surface area (Å²) in [6.45, 7) is 2.20. The van der Waals surface area contributed by atoms with Crippen LogP contribution >= 0.6 is 0 Å². The van der Waals surface area contributed by atoms with Gasteiger partial charge < -0.3 is 5.32 Å². The van der Waals surface area contributed by atoms with Crippen LogP contribution in [-0.4, -0.2) is 32.0 Å². The van der Waals surface area contributed by atoms with Gasteiger partial charge in [-0.3, -0.25) is 0 Å². The normalized spacial score (nSPS) is 24.7. The lowest BCUT2D eigenvalue weighted by molar-refractivity contribution is 0.336. The van der Waals surface area contributed by atoms with Crippen molar-refractivity contribution in [2.75, 3.05) is 6.26 Å². The van der Waals surface area contributed by atoms with Crippen LogP contribution in [0.25, 0.3) is 0 Å². The van der Waals surface area contributed by atoms with Crippen molar-refractivity contribution < 1.29 is 8.42 Å². The van der Waals surface area contributed by atoms with Crippen molar-refractivity contribution in [1.82, 2.24) is 5.32 Å². The van der Waals surface area contributed by atoms with Crippen LogP contribution < -0.4 is 5.32 Å². The maximum Gasteiger partial charge on any atom is 0.150 e. The molecule has 0 heterocycles. The molecule has 3 nitrogen and oxygen atoms in total. The summed E-state index contributed by atoms with van der Waals surface area (Å²) in [6, 6.07) is 11.3. The molecule has 1 aromatic carbocycles. The minimum Gasteiger partial charge on any atom is -0.311 e. The predicted molar refractivity (Wildman–Crippen MR) is 88.2 cm³/mol. The molecule has 2 rings (SSSR count). The van der Waals surface area contributed by atoms with Crippen molar-refractivity contribution in [1.29, 1.82) is 0 Å². The molecule has 0 aliphatic heterocycles. The number of rotatable bonds is 6. The Morgan fingerprint density at radius 3 is 2.62 bits per heavy atom. The second-order valence-corrected chi connectivity index (χ2v) is 8.73. The van der Waals surface area contributed by atoms with Gasteiger partial charge in [-0.1, -0.05) is 36.8 Å². The Balaban J connectivity index is 1.78. The second kappa shape index (κ2) is 7.41. The first-order chi connectivity index (χ1) is 9.95. The summed E-state index contributed by atoms with van der Waals surface area (Å²) in [4.78, 5) is 0. The van der Waals surface area contributed by atoms with Crippen molar-refractivity contribution in [2.24, 2.45) is 0 Å². The molecule has 21 heavy (non-hydrogen) atoms. The SMILES string of the molecule is CC(CCc1ccccc1)NC1CCCC(S(C)(=O)=O)C1. The summed E-state index contributed by atoms with van der Waals surface area (Å²) in [5, 5.41) is 3.48. The number of hydrogen-bond acceptors (Lipinski definition) is 3. The highest BCUT2D eigenvalue weighted by Gasteiger charge is 2.29. The Morgan fingerprint density at radius 1 is 1.24 bits per heavy atom. The number of hydrogen-bond donors (Lipinski definition) is 1. The number of aryl methyl sites for hydroxylation is 1. The summed E-state index contributed by atoms with van der Waals surface area (Å²) in [6.07, 6.45) is 7.24. The molecule has 0 amide bonds. The van der Waals surface area contributed by atoms with E-state index >= 15 is 0 Å². The van der Waals surface area contributed by atoms with E-state index in [4.69, 9.17) is 0 Å². The van der Waals surface area contributed by atoms with Gasteiger partial charge in [-0.15, -0.1) is 0 Å². The molecule has 0 saturated heterocycles. The van der Waals surface area contributed by atoms with Crippen LogP contribution in [0.2, 0.25) is 0 Å². The van der Waals surface area contributed by atoms with Gasteiger partial charge in [0.25, 0.3) is 0 Å². The molecule has 1 N–H and O–H groups in total. The topological polar surface area (TPSA) is 46.2 Å². The highest BCUT2D eigenvalue weighted by Crippen LogP contribution is 2.24. The molecule has 4 heteroatoms. The van der Waals surface area contributed by atoms with E-state index in [9.17, 15) is 8.42 Å². The molecule has 3 atom stereocenters. The van der Waals surface area contributed by atoms with Gasteiger partial charge in [0.2, 0.25) is 0 Å². The van der Waals surface area contributed by atoms with Crippen molar-refractivity contribution >= 4 is 9.84 Å². The lowest BCUT2D eigenvalue weighted by Gasteiger charge is -2.31. The van der Waals surface area contributed by atoms with Crippen LogP contribution in [-0.2, 0) is 16.3 Å². The fraction of sp³-hybridized carbons (Fsp3) is 0.647. The Bertz CT molecular complexity index is 527. The molecule has 1 saturated carbocycles. The minimum atomic E-state index is -2.89. The molecule has 3 unspecified atom stereocenters. The summed E-state index contributed by atoms with van der Waals surface area (Å²) in [5.41, 5.74) is 1.36. The van der Waals surface area contributed by atoms with Crippen LogP contribution in [0.4, 0.5) is 0 Å². The molecule has 0 aromatic heterocycles. The average molecular weight is 309 g/mol. The highest BCUT2D eigenvalue weighted by atomic mass is 32.2. The Labute approximate surface area is 129 Å². The third kappa shape index (κ3) is 5.44. The van der Waals surface area contributed by atoms with Gasteiger partial charge in [0.15, 0.2) is 0 Å². The fourth-order valence-electron chi connectivity index (χ4n) is 3.20. The van der Waals surface area contributed by atoms with Gasteiger partial charge >= 0.3 is 0 Å². The maximum absolute atomic E-state index is 11.7. The van der Waals surface area contributed by atoms with E-state index in [1.54, 1.807) is 0 Å². The average Bonchev–Trinajstić information content (AvgIpc) is 2.46. The Hall–Kier alpha value is -0.870. The summed E-state index contributed by atoms with van der Waals surface area (Å²) in [5.74, 6) is 0. The molecule has 0 bridgehead atoms. The van der Waals surface area contributed by atoms with E-state index in [0.29, 0.717) is 12.1 Å². The van der Waals surface area contributed by atoms with Crippen molar-refractivity contribution in [3.05, 3.63) is 35.9 Å². The van der Waals surface area contributed by atoms with Crippen molar-refractivity contribution in [3.63, 3.8) is 0 Å². The van der Waals surface area contributed by atoms with E-state index in [2.05, 4.69) is 36.5 Å². The first kappa shape index (κ1) is 16.5. The van der Waals surface area contributed by atoms with Crippen LogP contribution in [0, 0.1) is 0 Å². The second-order valence-electron chi connectivity index (χ2n) is 6.41. The zero-order valence-corrected chi connectivity index (χ0v) is 13.9. The van der Waals surface area contributed by atoms with Gasteiger partial charge in [-0.2, -0.15) is 0 Å². The van der Waals surface area contributed by atoms with Crippen LogP contribution in [0.1, 0.15) is 44.6 Å². The van der Waals surface area contributed by atoms with Gasteiger partial charge in [-0.05, 0) is 44.6 Å². The first-order valence-electron chi connectivity index (χ1n) is 7.94. The molecule has 118 valence electrons. The number of sulfone groups is 1. The van der Waals surface area contributed by atoms with E-state index in [1.807, 2.05) is 6.07 Å². The molecule has 1 aliphatic rings. The highest BCUT2D eigenvalue weighted by molar-refractivity contribution is 7.91. The van der Waals surface area contributed by atoms with Gasteiger partial charge in [-0.25, -0.2) is 8.42 Å².